The van der Waals surface area contributed by atoms with E-state index in [2.05, 4.69) is 9.97 Å². The summed E-state index contributed by atoms with van der Waals surface area (Å²) in [5.41, 5.74) is -2.30. The second kappa shape index (κ2) is 7.06. The Labute approximate surface area is 151 Å². The summed E-state index contributed by atoms with van der Waals surface area (Å²) in [6.45, 7) is 0. The lowest BCUT2D eigenvalue weighted by atomic mass is 10.0. The Morgan fingerprint density at radius 1 is 1.04 bits per heavy atom. The second-order valence-electron chi connectivity index (χ2n) is 5.74. The van der Waals surface area contributed by atoms with Crippen LogP contribution >= 0.6 is 0 Å². The van der Waals surface area contributed by atoms with Crippen LogP contribution in [0, 0.1) is 0 Å². The van der Waals surface area contributed by atoms with Gasteiger partial charge in [-0.2, -0.15) is 13.2 Å². The Hall–Kier alpha value is -3.42. The Balaban J connectivity index is 2.04. The van der Waals surface area contributed by atoms with E-state index in [4.69, 9.17) is 0 Å². The lowest BCUT2D eigenvalue weighted by Gasteiger charge is -2.12. The van der Waals surface area contributed by atoms with E-state index in [0.29, 0.717) is 0 Å². The van der Waals surface area contributed by atoms with Gasteiger partial charge in [-0.3, -0.25) is 9.59 Å². The first-order valence-electron chi connectivity index (χ1n) is 7.84. The molecule has 2 N–H and O–H groups in total. The highest BCUT2D eigenvalue weighted by Crippen LogP contribution is 2.32. The average molecular weight is 374 g/mol. The number of carbonyl (C=O) groups is 1. The molecule has 0 aliphatic heterocycles. The van der Waals surface area contributed by atoms with Gasteiger partial charge in [-0.05, 0) is 11.6 Å². The zero-order valence-electron chi connectivity index (χ0n) is 13.7. The monoisotopic (exact) mass is 374 g/mol. The molecule has 138 valence electrons. The van der Waals surface area contributed by atoms with Gasteiger partial charge in [0.25, 0.3) is 5.56 Å². The number of halogens is 3. The van der Waals surface area contributed by atoms with Crippen LogP contribution in [0.4, 0.5) is 13.2 Å². The minimum Gasteiger partial charge on any atom is -0.501 e. The molecule has 27 heavy (non-hydrogen) atoms. The van der Waals surface area contributed by atoms with Gasteiger partial charge < -0.3 is 10.1 Å². The van der Waals surface area contributed by atoms with Crippen molar-refractivity contribution in [2.24, 2.45) is 0 Å². The third kappa shape index (κ3) is 3.89. The number of hydrogen-bond donors (Lipinski definition) is 2. The molecule has 0 bridgehead atoms. The van der Waals surface area contributed by atoms with Crippen molar-refractivity contribution in [3.8, 4) is 5.75 Å². The molecule has 0 spiro atoms. The van der Waals surface area contributed by atoms with E-state index in [-0.39, 0.29) is 23.4 Å². The van der Waals surface area contributed by atoms with Crippen molar-refractivity contribution >= 4 is 5.78 Å². The van der Waals surface area contributed by atoms with Crippen molar-refractivity contribution in [2.45, 2.75) is 12.6 Å². The van der Waals surface area contributed by atoms with Crippen LogP contribution in [-0.2, 0) is 12.6 Å². The largest absolute Gasteiger partial charge is 0.501 e. The van der Waals surface area contributed by atoms with E-state index in [1.807, 2.05) is 0 Å². The van der Waals surface area contributed by atoms with Gasteiger partial charge in [0.1, 0.15) is 5.82 Å². The number of aromatic amines is 1. The molecule has 0 aliphatic rings. The number of ketones is 1. The summed E-state index contributed by atoms with van der Waals surface area (Å²) in [4.78, 5) is 30.6. The standard InChI is InChI=1S/C19H13F3N2O3/c20-19(21,22)13-9-5-4-8-12(13)10-14-23-15(17(26)18(27)24-14)16(25)11-6-2-1-3-7-11/h1-9,26H,10H2,(H,23,24,27). The van der Waals surface area contributed by atoms with Crippen LogP contribution in [0.2, 0.25) is 0 Å². The highest BCUT2D eigenvalue weighted by molar-refractivity contribution is 6.09. The molecule has 0 amide bonds. The fourth-order valence-electron chi connectivity index (χ4n) is 2.61. The number of H-pyrrole nitrogens is 1. The first-order chi connectivity index (χ1) is 12.8. The maximum absolute atomic E-state index is 13.1. The van der Waals surface area contributed by atoms with E-state index in [9.17, 15) is 27.9 Å². The number of hydrogen-bond acceptors (Lipinski definition) is 4. The van der Waals surface area contributed by atoms with Crippen LogP contribution in [0.25, 0.3) is 0 Å². The van der Waals surface area contributed by atoms with Gasteiger partial charge in [0.15, 0.2) is 5.69 Å². The molecular formula is C19H13F3N2O3. The lowest BCUT2D eigenvalue weighted by Crippen LogP contribution is -2.19. The number of benzene rings is 2. The first kappa shape index (κ1) is 18.4. The molecule has 0 saturated carbocycles. The van der Waals surface area contributed by atoms with Gasteiger partial charge in [0, 0.05) is 12.0 Å². The molecule has 1 aromatic heterocycles. The fourth-order valence-corrected chi connectivity index (χ4v) is 2.61. The van der Waals surface area contributed by atoms with Crippen LogP contribution in [-0.4, -0.2) is 20.9 Å². The number of nitrogens with one attached hydrogen (secondary N) is 1. The van der Waals surface area contributed by atoms with E-state index in [1.165, 1.54) is 30.3 Å². The summed E-state index contributed by atoms with van der Waals surface area (Å²) in [6, 6.07) is 12.7. The molecule has 0 saturated heterocycles. The van der Waals surface area contributed by atoms with Gasteiger partial charge in [0.2, 0.25) is 11.5 Å². The van der Waals surface area contributed by atoms with Crippen molar-refractivity contribution < 1.29 is 23.1 Å². The molecule has 3 rings (SSSR count). The maximum atomic E-state index is 13.1. The molecule has 0 atom stereocenters. The summed E-state index contributed by atoms with van der Waals surface area (Å²) in [6.07, 6.45) is -4.93. The molecule has 0 aliphatic carbocycles. The molecule has 1 heterocycles. The van der Waals surface area contributed by atoms with Crippen molar-refractivity contribution in [2.75, 3.05) is 0 Å². The second-order valence-corrected chi connectivity index (χ2v) is 5.74. The van der Waals surface area contributed by atoms with Crippen molar-refractivity contribution in [3.05, 3.63) is 93.2 Å². The van der Waals surface area contributed by atoms with Crippen LogP contribution in [0.15, 0.2) is 59.4 Å². The minimum atomic E-state index is -4.57. The molecule has 0 unspecified atom stereocenters. The lowest BCUT2D eigenvalue weighted by molar-refractivity contribution is -0.138. The van der Waals surface area contributed by atoms with Crippen molar-refractivity contribution in [1.29, 1.82) is 0 Å². The zero-order valence-corrected chi connectivity index (χ0v) is 13.7. The Bertz CT molecular complexity index is 1040. The van der Waals surface area contributed by atoms with Crippen molar-refractivity contribution in [3.63, 3.8) is 0 Å². The fraction of sp³-hybridized carbons (Fsp3) is 0.105. The molecule has 0 fully saturated rings. The quantitative estimate of drug-likeness (QED) is 0.687. The van der Waals surface area contributed by atoms with Gasteiger partial charge in [-0.25, -0.2) is 4.98 Å². The molecular weight excluding hydrogens is 361 g/mol. The Morgan fingerprint density at radius 3 is 2.33 bits per heavy atom. The van der Waals surface area contributed by atoms with Gasteiger partial charge >= 0.3 is 6.18 Å². The number of nitrogens with zero attached hydrogens (tertiary/aromatic N) is 1. The van der Waals surface area contributed by atoms with E-state index >= 15 is 0 Å². The summed E-state index contributed by atoms with van der Waals surface area (Å²) in [7, 11) is 0. The number of aromatic hydroxyl groups is 1. The van der Waals surface area contributed by atoms with Gasteiger partial charge in [-0.15, -0.1) is 0 Å². The van der Waals surface area contributed by atoms with E-state index in [1.54, 1.807) is 18.2 Å². The normalized spacial score (nSPS) is 11.4. The first-order valence-corrected chi connectivity index (χ1v) is 7.84. The van der Waals surface area contributed by atoms with Crippen molar-refractivity contribution in [1.82, 2.24) is 9.97 Å². The average Bonchev–Trinajstić information content (AvgIpc) is 2.64. The van der Waals surface area contributed by atoms with Crippen LogP contribution < -0.4 is 5.56 Å². The smallest absolute Gasteiger partial charge is 0.416 e. The topological polar surface area (TPSA) is 83.0 Å². The van der Waals surface area contributed by atoms with Crippen LogP contribution in [0.5, 0.6) is 5.75 Å². The van der Waals surface area contributed by atoms with Crippen LogP contribution in [0.1, 0.15) is 33.0 Å². The highest BCUT2D eigenvalue weighted by Gasteiger charge is 2.33. The Morgan fingerprint density at radius 2 is 1.67 bits per heavy atom. The SMILES string of the molecule is O=C(c1ccccc1)c1nc(Cc2ccccc2C(F)(F)F)[nH]c(=O)c1O. The van der Waals surface area contributed by atoms with Crippen LogP contribution in [0.3, 0.4) is 0 Å². The van der Waals surface area contributed by atoms with Gasteiger partial charge in [-0.1, -0.05) is 48.5 Å². The zero-order chi connectivity index (χ0) is 19.6. The third-order valence-electron chi connectivity index (χ3n) is 3.88. The molecule has 5 nitrogen and oxygen atoms in total. The summed E-state index contributed by atoms with van der Waals surface area (Å²) in [5.74, 6) is -1.74. The minimum absolute atomic E-state index is 0.114. The highest BCUT2D eigenvalue weighted by atomic mass is 19.4. The summed E-state index contributed by atoms with van der Waals surface area (Å²) >= 11 is 0. The molecule has 3 aromatic rings. The molecule has 0 radical (unpaired) electrons. The summed E-state index contributed by atoms with van der Waals surface area (Å²) < 4.78 is 39.4. The third-order valence-corrected chi connectivity index (χ3v) is 3.88. The number of carbonyl (C=O) groups excluding carboxylic acids is 1. The molecule has 8 heteroatoms. The van der Waals surface area contributed by atoms with E-state index in [0.717, 1.165) is 6.07 Å². The molecule has 2 aromatic carbocycles. The Kier molecular flexibility index (Phi) is 4.81. The predicted molar refractivity (Wildman–Crippen MR) is 90.6 cm³/mol. The summed E-state index contributed by atoms with van der Waals surface area (Å²) in [5, 5.41) is 9.90. The van der Waals surface area contributed by atoms with E-state index < -0.39 is 34.5 Å². The predicted octanol–water partition coefficient (Wildman–Crippen LogP) is 3.32. The number of rotatable bonds is 4. The van der Waals surface area contributed by atoms with Gasteiger partial charge in [0.05, 0.1) is 5.56 Å². The number of aromatic nitrogens is 2. The number of alkyl halides is 3. The maximum Gasteiger partial charge on any atom is 0.416 e.